The van der Waals surface area contributed by atoms with Crippen molar-refractivity contribution >= 4 is 0 Å². The van der Waals surface area contributed by atoms with Gasteiger partial charge in [0.25, 0.3) is 0 Å². The molecule has 0 radical (unpaired) electrons. The number of likely N-dealkylation sites (tertiary alicyclic amines) is 1. The Morgan fingerprint density at radius 3 is 2.85 bits per heavy atom. The molecule has 0 amide bonds. The van der Waals surface area contributed by atoms with E-state index in [-0.39, 0.29) is 0 Å². The topological polar surface area (TPSA) is 67.1 Å². The highest BCUT2D eigenvalue weighted by Gasteiger charge is 2.43. The van der Waals surface area contributed by atoms with Crippen molar-refractivity contribution in [3.63, 3.8) is 0 Å². The van der Waals surface area contributed by atoms with Gasteiger partial charge in [-0.1, -0.05) is 12.8 Å². The molecule has 1 aromatic heterocycles. The van der Waals surface area contributed by atoms with E-state index in [4.69, 9.17) is 0 Å². The molecule has 0 aromatic carbocycles. The Hall–Kier alpha value is -1.01. The number of aromatic nitrogens is 4. The Morgan fingerprint density at radius 1 is 1.30 bits per heavy atom. The lowest BCUT2D eigenvalue weighted by molar-refractivity contribution is -0.0632. The number of nitrogens with zero attached hydrogens (tertiary/aromatic N) is 5. The average Bonchev–Trinajstić information content (AvgIpc) is 3.00. The number of aryl methyl sites for hydroxylation is 1. The van der Waals surface area contributed by atoms with Gasteiger partial charge in [0.15, 0.2) is 5.82 Å². The van der Waals surface area contributed by atoms with Crippen molar-refractivity contribution in [2.24, 2.45) is 13.0 Å². The Labute approximate surface area is 120 Å². The summed E-state index contributed by atoms with van der Waals surface area (Å²) in [5, 5.41) is 22.4. The van der Waals surface area contributed by atoms with Crippen LogP contribution in [0.1, 0.15) is 51.3 Å². The van der Waals surface area contributed by atoms with E-state index in [2.05, 4.69) is 20.4 Å². The Bertz CT molecular complexity index is 458. The number of aliphatic hydroxyl groups is 1. The zero-order valence-electron chi connectivity index (χ0n) is 12.5. The largest absolute Gasteiger partial charge is 0.390 e. The smallest absolute Gasteiger partial charge is 0.164 e. The number of hydrogen-bond acceptors (Lipinski definition) is 5. The van der Waals surface area contributed by atoms with E-state index in [1.807, 2.05) is 14.0 Å². The Morgan fingerprint density at radius 2 is 2.15 bits per heavy atom. The van der Waals surface area contributed by atoms with Gasteiger partial charge >= 0.3 is 0 Å². The lowest BCUT2D eigenvalue weighted by Crippen LogP contribution is -2.48. The molecule has 2 heterocycles. The van der Waals surface area contributed by atoms with Crippen LogP contribution < -0.4 is 0 Å². The monoisotopic (exact) mass is 279 g/mol. The molecule has 2 fully saturated rings. The fourth-order valence-electron chi connectivity index (χ4n) is 4.02. The standard InChI is InChI=1S/C14H25N5O/c1-14(20)8-4-3-6-11(14)12-7-5-9-19(12)10-13-15-16-17-18(13)2/h11-12,20H,3-10H2,1-2H3. The molecule has 1 saturated carbocycles. The van der Waals surface area contributed by atoms with Crippen LogP contribution in [0.3, 0.4) is 0 Å². The second-order valence-corrected chi connectivity index (χ2v) is 6.61. The first-order valence-corrected chi connectivity index (χ1v) is 7.75. The van der Waals surface area contributed by atoms with Gasteiger partial charge in [-0.2, -0.15) is 0 Å². The van der Waals surface area contributed by atoms with Crippen LogP contribution in [0.4, 0.5) is 0 Å². The number of tetrazole rings is 1. The molecule has 1 aliphatic carbocycles. The lowest BCUT2D eigenvalue weighted by Gasteiger charge is -2.43. The summed E-state index contributed by atoms with van der Waals surface area (Å²) in [6, 6.07) is 0.474. The van der Waals surface area contributed by atoms with Crippen molar-refractivity contribution in [1.29, 1.82) is 0 Å². The van der Waals surface area contributed by atoms with Crippen LogP contribution in [-0.2, 0) is 13.6 Å². The quantitative estimate of drug-likeness (QED) is 0.898. The van der Waals surface area contributed by atoms with Gasteiger partial charge in [-0.3, -0.25) is 4.90 Å². The molecule has 1 saturated heterocycles. The summed E-state index contributed by atoms with van der Waals surface area (Å²) >= 11 is 0. The van der Waals surface area contributed by atoms with E-state index in [1.54, 1.807) is 4.68 Å². The summed E-state index contributed by atoms with van der Waals surface area (Å²) in [6.45, 7) is 3.90. The summed E-state index contributed by atoms with van der Waals surface area (Å²) in [6.07, 6.45) is 6.88. The summed E-state index contributed by atoms with van der Waals surface area (Å²) in [4.78, 5) is 2.47. The maximum absolute atomic E-state index is 10.7. The molecule has 1 aromatic rings. The van der Waals surface area contributed by atoms with Crippen molar-refractivity contribution in [2.75, 3.05) is 6.54 Å². The van der Waals surface area contributed by atoms with Crippen molar-refractivity contribution < 1.29 is 5.11 Å². The highest BCUT2D eigenvalue weighted by atomic mass is 16.3. The minimum absolute atomic E-state index is 0.389. The first-order valence-electron chi connectivity index (χ1n) is 7.75. The van der Waals surface area contributed by atoms with Gasteiger partial charge in [0.1, 0.15) is 0 Å². The van der Waals surface area contributed by atoms with Crippen molar-refractivity contribution in [2.45, 2.75) is 63.6 Å². The van der Waals surface area contributed by atoms with Crippen LogP contribution in [0.2, 0.25) is 0 Å². The zero-order valence-corrected chi connectivity index (χ0v) is 12.5. The molecule has 6 nitrogen and oxygen atoms in total. The van der Waals surface area contributed by atoms with Crippen LogP contribution in [-0.4, -0.2) is 48.4 Å². The van der Waals surface area contributed by atoms with E-state index in [0.29, 0.717) is 12.0 Å². The third-order valence-corrected chi connectivity index (χ3v) is 5.18. The molecule has 2 aliphatic rings. The fraction of sp³-hybridized carbons (Fsp3) is 0.929. The van der Waals surface area contributed by atoms with E-state index in [0.717, 1.165) is 38.2 Å². The first-order chi connectivity index (χ1) is 9.58. The summed E-state index contributed by atoms with van der Waals surface area (Å²) in [5.74, 6) is 1.30. The molecule has 3 unspecified atom stereocenters. The molecular formula is C14H25N5O. The van der Waals surface area contributed by atoms with Crippen LogP contribution in [0.5, 0.6) is 0 Å². The van der Waals surface area contributed by atoms with Gasteiger partial charge < -0.3 is 5.11 Å². The van der Waals surface area contributed by atoms with Crippen LogP contribution in [0.15, 0.2) is 0 Å². The predicted molar refractivity (Wildman–Crippen MR) is 74.8 cm³/mol. The van der Waals surface area contributed by atoms with Crippen molar-refractivity contribution in [3.8, 4) is 0 Å². The van der Waals surface area contributed by atoms with E-state index >= 15 is 0 Å². The highest BCUT2D eigenvalue weighted by Crippen LogP contribution is 2.40. The van der Waals surface area contributed by atoms with E-state index in [9.17, 15) is 5.11 Å². The van der Waals surface area contributed by atoms with Crippen LogP contribution in [0, 0.1) is 5.92 Å². The van der Waals surface area contributed by atoms with Gasteiger partial charge in [-0.25, -0.2) is 4.68 Å². The van der Waals surface area contributed by atoms with Gasteiger partial charge in [-0.05, 0) is 49.6 Å². The first kappa shape index (κ1) is 13.9. The van der Waals surface area contributed by atoms with E-state index < -0.39 is 5.60 Å². The molecule has 20 heavy (non-hydrogen) atoms. The van der Waals surface area contributed by atoms with Crippen LogP contribution in [0.25, 0.3) is 0 Å². The van der Waals surface area contributed by atoms with Gasteiger partial charge in [0.2, 0.25) is 0 Å². The number of hydrogen-bond donors (Lipinski definition) is 1. The Kier molecular flexibility index (Phi) is 3.77. The molecule has 6 heteroatoms. The maximum Gasteiger partial charge on any atom is 0.164 e. The summed E-state index contributed by atoms with van der Waals surface area (Å²) in [5.41, 5.74) is -0.510. The molecule has 112 valence electrons. The molecule has 1 N–H and O–H groups in total. The fourth-order valence-corrected chi connectivity index (χ4v) is 4.02. The summed E-state index contributed by atoms with van der Waals surface area (Å²) < 4.78 is 1.74. The number of rotatable bonds is 3. The molecular weight excluding hydrogens is 254 g/mol. The van der Waals surface area contributed by atoms with Crippen LogP contribution >= 0.6 is 0 Å². The molecule has 3 rings (SSSR count). The second kappa shape index (κ2) is 5.41. The van der Waals surface area contributed by atoms with Gasteiger partial charge in [0.05, 0.1) is 12.1 Å². The summed E-state index contributed by atoms with van der Waals surface area (Å²) in [7, 11) is 1.89. The molecule has 0 bridgehead atoms. The van der Waals surface area contributed by atoms with Gasteiger partial charge in [-0.15, -0.1) is 5.10 Å². The SMILES string of the molecule is Cn1nnnc1CN1CCCC1C1CCCCC1(C)O. The van der Waals surface area contributed by atoms with Crippen molar-refractivity contribution in [3.05, 3.63) is 5.82 Å². The zero-order chi connectivity index (χ0) is 14.2. The normalized spacial score (nSPS) is 35.5. The lowest BCUT2D eigenvalue weighted by atomic mass is 9.72. The minimum atomic E-state index is -0.510. The minimum Gasteiger partial charge on any atom is -0.390 e. The van der Waals surface area contributed by atoms with Crippen molar-refractivity contribution in [1.82, 2.24) is 25.1 Å². The molecule has 3 atom stereocenters. The third-order valence-electron chi connectivity index (χ3n) is 5.18. The Balaban J connectivity index is 1.73. The van der Waals surface area contributed by atoms with Gasteiger partial charge in [0, 0.05) is 19.0 Å². The third kappa shape index (κ3) is 2.59. The second-order valence-electron chi connectivity index (χ2n) is 6.61. The average molecular weight is 279 g/mol. The predicted octanol–water partition coefficient (Wildman–Crippen LogP) is 1.12. The maximum atomic E-state index is 10.7. The highest BCUT2D eigenvalue weighted by molar-refractivity contribution is 4.97. The molecule has 0 spiro atoms. The molecule has 1 aliphatic heterocycles. The van der Waals surface area contributed by atoms with E-state index in [1.165, 1.54) is 19.3 Å².